The Morgan fingerprint density at radius 3 is 2.18 bits per heavy atom. The van der Waals surface area contributed by atoms with Gasteiger partial charge in [-0.15, -0.1) is 0 Å². The van der Waals surface area contributed by atoms with E-state index in [-0.39, 0.29) is 23.4 Å². The first-order valence-electron chi connectivity index (χ1n) is 10.8. The molecule has 172 valence electrons. The summed E-state index contributed by atoms with van der Waals surface area (Å²) >= 11 is 1.07. The number of aryl methyl sites for hydroxylation is 2. The minimum absolute atomic E-state index is 0.0187. The number of allylic oxidation sites excluding steroid dienone is 1. The van der Waals surface area contributed by atoms with E-state index in [9.17, 15) is 14.7 Å². The normalized spacial score (nSPS) is 11.9. The summed E-state index contributed by atoms with van der Waals surface area (Å²) in [6.45, 7) is 3.92. The highest BCUT2D eigenvalue weighted by atomic mass is 32.1. The Balaban J connectivity index is 1.89. The Labute approximate surface area is 202 Å². The van der Waals surface area contributed by atoms with Crippen molar-refractivity contribution in [3.63, 3.8) is 0 Å². The van der Waals surface area contributed by atoms with Crippen LogP contribution in [0.2, 0.25) is 0 Å². The highest BCUT2D eigenvalue weighted by molar-refractivity contribution is 7.00. The largest absolute Gasteiger partial charge is 0.478 e. The van der Waals surface area contributed by atoms with Gasteiger partial charge in [-0.2, -0.15) is 8.75 Å². The summed E-state index contributed by atoms with van der Waals surface area (Å²) in [6, 6.07) is 18.3. The number of hydrogen-bond acceptors (Lipinski definition) is 6. The maximum absolute atomic E-state index is 13.8. The average molecular weight is 472 g/mol. The lowest BCUT2D eigenvalue weighted by atomic mass is 9.88. The number of carbonyl (C=O) groups is 2. The monoisotopic (exact) mass is 471 g/mol. The van der Waals surface area contributed by atoms with Gasteiger partial charge in [0.05, 0.1) is 17.3 Å². The van der Waals surface area contributed by atoms with Gasteiger partial charge in [-0.3, -0.25) is 4.79 Å². The lowest BCUT2D eigenvalue weighted by Crippen LogP contribution is -2.14. The number of nitrogens with zero attached hydrogens (tertiary/aromatic N) is 3. The zero-order chi connectivity index (χ0) is 24.4. The van der Waals surface area contributed by atoms with Gasteiger partial charge in [-0.25, -0.2) is 4.79 Å². The van der Waals surface area contributed by atoms with E-state index in [1.807, 2.05) is 69.2 Å². The number of rotatable bonds is 7. The van der Waals surface area contributed by atoms with Crippen molar-refractivity contribution in [2.45, 2.75) is 20.3 Å². The summed E-state index contributed by atoms with van der Waals surface area (Å²) in [5.74, 6) is -1.45. The van der Waals surface area contributed by atoms with Crippen molar-refractivity contribution in [1.29, 1.82) is 0 Å². The van der Waals surface area contributed by atoms with E-state index in [0.717, 1.165) is 34.1 Å². The number of Topliss-reactive ketones (excluding diaryl/α,β-unsaturated/α-hetero) is 1. The van der Waals surface area contributed by atoms with E-state index in [1.165, 1.54) is 0 Å². The van der Waals surface area contributed by atoms with Crippen LogP contribution < -0.4 is 4.90 Å². The summed E-state index contributed by atoms with van der Waals surface area (Å²) in [4.78, 5) is 28.3. The molecule has 0 saturated heterocycles. The third-order valence-electron chi connectivity index (χ3n) is 5.93. The second kappa shape index (κ2) is 9.57. The molecule has 3 aromatic carbocycles. The third kappa shape index (κ3) is 4.75. The van der Waals surface area contributed by atoms with Gasteiger partial charge in [0.15, 0.2) is 5.78 Å². The van der Waals surface area contributed by atoms with Gasteiger partial charge in [0.1, 0.15) is 11.0 Å². The standard InChI is InChI=1S/C27H25N3O3S/c1-16-5-8-20(13-17(16)2)26(31)22(14-18-6-10-21(11-7-18)30(3)4)25(27(32)33)19-9-12-23-24(15-19)29-34-28-23/h5-13,15H,14H2,1-4H3,(H,32,33)/b25-22+. The van der Waals surface area contributed by atoms with E-state index < -0.39 is 5.97 Å². The molecule has 0 amide bonds. The molecule has 34 heavy (non-hydrogen) atoms. The Morgan fingerprint density at radius 1 is 0.853 bits per heavy atom. The molecular formula is C27H25N3O3S. The summed E-state index contributed by atoms with van der Waals surface area (Å²) in [5, 5.41) is 10.3. The molecule has 0 fully saturated rings. The van der Waals surface area contributed by atoms with Crippen LogP contribution in [0.15, 0.2) is 66.2 Å². The van der Waals surface area contributed by atoms with Crippen molar-refractivity contribution in [3.8, 4) is 0 Å². The summed E-state index contributed by atoms with van der Waals surface area (Å²) in [6.07, 6.45) is 0.189. The number of carbonyl (C=O) groups excluding carboxylic acids is 1. The van der Waals surface area contributed by atoms with Gasteiger partial charge in [0.25, 0.3) is 0 Å². The van der Waals surface area contributed by atoms with E-state index in [4.69, 9.17) is 0 Å². The van der Waals surface area contributed by atoms with Crippen LogP contribution in [0.5, 0.6) is 0 Å². The molecule has 0 aliphatic carbocycles. The molecule has 0 unspecified atom stereocenters. The Kier molecular flexibility index (Phi) is 6.56. The zero-order valence-electron chi connectivity index (χ0n) is 19.5. The van der Waals surface area contributed by atoms with Crippen molar-refractivity contribution in [1.82, 2.24) is 8.75 Å². The molecule has 6 nitrogen and oxygen atoms in total. The van der Waals surface area contributed by atoms with Crippen LogP contribution in [0.4, 0.5) is 5.69 Å². The zero-order valence-corrected chi connectivity index (χ0v) is 20.3. The molecule has 7 heteroatoms. The molecule has 1 heterocycles. The fourth-order valence-corrected chi connectivity index (χ4v) is 4.34. The summed E-state index contributed by atoms with van der Waals surface area (Å²) < 4.78 is 8.44. The number of fused-ring (bicyclic) bond motifs is 1. The minimum atomic E-state index is -1.15. The lowest BCUT2D eigenvalue weighted by molar-refractivity contribution is -0.130. The van der Waals surface area contributed by atoms with Crippen molar-refractivity contribution in [3.05, 3.63) is 94.1 Å². The van der Waals surface area contributed by atoms with Crippen molar-refractivity contribution >= 4 is 45.8 Å². The predicted octanol–water partition coefficient (Wildman–Crippen LogP) is 5.34. The van der Waals surface area contributed by atoms with E-state index >= 15 is 0 Å². The van der Waals surface area contributed by atoms with Crippen LogP contribution in [-0.2, 0) is 11.2 Å². The van der Waals surface area contributed by atoms with Crippen LogP contribution in [0.25, 0.3) is 16.6 Å². The maximum Gasteiger partial charge on any atom is 0.336 e. The first-order chi connectivity index (χ1) is 16.2. The van der Waals surface area contributed by atoms with Crippen LogP contribution in [0, 0.1) is 13.8 Å². The fraction of sp³-hybridized carbons (Fsp3) is 0.185. The van der Waals surface area contributed by atoms with Crippen LogP contribution in [0.3, 0.4) is 0 Å². The van der Waals surface area contributed by atoms with Gasteiger partial charge >= 0.3 is 5.97 Å². The number of carboxylic acid groups (broad SMARTS) is 1. The highest BCUT2D eigenvalue weighted by Gasteiger charge is 2.24. The van der Waals surface area contributed by atoms with E-state index in [0.29, 0.717) is 22.2 Å². The molecule has 0 aliphatic heterocycles. The highest BCUT2D eigenvalue weighted by Crippen LogP contribution is 2.29. The molecule has 0 atom stereocenters. The topological polar surface area (TPSA) is 83.4 Å². The van der Waals surface area contributed by atoms with Crippen LogP contribution in [-0.4, -0.2) is 39.7 Å². The predicted molar refractivity (Wildman–Crippen MR) is 137 cm³/mol. The SMILES string of the molecule is Cc1ccc(C(=O)/C(Cc2ccc(N(C)C)cc2)=C(/C(=O)O)c2ccc3nsnc3c2)cc1C. The number of benzene rings is 3. The number of anilines is 1. The van der Waals surface area contributed by atoms with Crippen molar-refractivity contribution in [2.24, 2.45) is 0 Å². The average Bonchev–Trinajstić information content (AvgIpc) is 3.28. The number of aliphatic carboxylic acids is 1. The molecular weight excluding hydrogens is 446 g/mol. The van der Waals surface area contributed by atoms with Crippen LogP contribution >= 0.6 is 11.7 Å². The molecule has 0 bridgehead atoms. The summed E-state index contributed by atoms with van der Waals surface area (Å²) in [7, 11) is 3.91. The molecule has 1 N–H and O–H groups in total. The van der Waals surface area contributed by atoms with Crippen molar-refractivity contribution in [2.75, 3.05) is 19.0 Å². The second-order valence-corrected chi connectivity index (χ2v) is 9.02. The number of hydrogen-bond donors (Lipinski definition) is 1. The third-order valence-corrected chi connectivity index (χ3v) is 6.49. The first kappa shape index (κ1) is 23.3. The van der Waals surface area contributed by atoms with Crippen LogP contribution in [0.1, 0.15) is 32.6 Å². The Bertz CT molecular complexity index is 1420. The van der Waals surface area contributed by atoms with Gasteiger partial charge in [0, 0.05) is 37.3 Å². The summed E-state index contributed by atoms with van der Waals surface area (Å²) in [5.41, 5.74) is 6.35. The quantitative estimate of drug-likeness (QED) is 0.289. The first-order valence-corrected chi connectivity index (χ1v) is 11.5. The molecule has 0 saturated carbocycles. The number of aromatic nitrogens is 2. The molecule has 1 aromatic heterocycles. The van der Waals surface area contributed by atoms with Gasteiger partial charge in [-0.1, -0.05) is 30.3 Å². The van der Waals surface area contributed by atoms with E-state index in [2.05, 4.69) is 8.75 Å². The molecule has 0 aliphatic rings. The maximum atomic E-state index is 13.8. The molecule has 0 spiro atoms. The van der Waals surface area contributed by atoms with Crippen molar-refractivity contribution < 1.29 is 14.7 Å². The smallest absolute Gasteiger partial charge is 0.336 e. The lowest BCUT2D eigenvalue weighted by Gasteiger charge is -2.15. The fourth-order valence-electron chi connectivity index (χ4n) is 3.82. The molecule has 0 radical (unpaired) electrons. The Morgan fingerprint density at radius 2 is 1.53 bits per heavy atom. The van der Waals surface area contributed by atoms with Gasteiger partial charge < -0.3 is 10.0 Å². The molecule has 4 rings (SSSR count). The number of ketones is 1. The minimum Gasteiger partial charge on any atom is -0.478 e. The second-order valence-electron chi connectivity index (χ2n) is 8.49. The molecule has 4 aromatic rings. The number of carboxylic acids is 1. The van der Waals surface area contributed by atoms with Gasteiger partial charge in [-0.05, 0) is 66.4 Å². The Hall–Kier alpha value is -3.84. The van der Waals surface area contributed by atoms with Gasteiger partial charge in [0.2, 0.25) is 0 Å². The van der Waals surface area contributed by atoms with E-state index in [1.54, 1.807) is 24.3 Å².